The smallest absolute Gasteiger partial charge is 0.0349 e. The molecule has 0 aliphatic rings. The molecule has 0 nitrogen and oxygen atoms in total. The van der Waals surface area contributed by atoms with Crippen LogP contribution in [0.4, 0.5) is 0 Å². The fraction of sp³-hybridized carbons (Fsp3) is 0.250. The van der Waals surface area contributed by atoms with Gasteiger partial charge in [-0.25, -0.2) is 0 Å². The number of rotatable bonds is 1. The standard InChI is InChI=1S/C16H14Br4/c1-7-9(3)15(19)13(17)5-11(7)12-6-14(18)16(20)10(4)8(12)2/h5-6H,1-4H3. The molecule has 0 saturated heterocycles. The largest absolute Gasteiger partial charge is 0.0496 e. The Morgan fingerprint density at radius 2 is 0.850 bits per heavy atom. The van der Waals surface area contributed by atoms with E-state index in [1.807, 2.05) is 0 Å². The van der Waals surface area contributed by atoms with Crippen molar-refractivity contribution in [3.63, 3.8) is 0 Å². The molecular formula is C16H14Br4. The molecule has 2 rings (SSSR count). The predicted octanol–water partition coefficient (Wildman–Crippen LogP) is 7.64. The van der Waals surface area contributed by atoms with Crippen molar-refractivity contribution < 1.29 is 0 Å². The van der Waals surface area contributed by atoms with Crippen LogP contribution in [0.1, 0.15) is 22.3 Å². The maximum atomic E-state index is 3.64. The summed E-state index contributed by atoms with van der Waals surface area (Å²) in [6.07, 6.45) is 0. The lowest BCUT2D eigenvalue weighted by Crippen LogP contribution is -1.95. The van der Waals surface area contributed by atoms with Gasteiger partial charge in [-0.2, -0.15) is 0 Å². The molecule has 0 unspecified atom stereocenters. The van der Waals surface area contributed by atoms with Crippen molar-refractivity contribution in [3.8, 4) is 11.1 Å². The molecule has 0 spiro atoms. The van der Waals surface area contributed by atoms with E-state index in [4.69, 9.17) is 0 Å². The van der Waals surface area contributed by atoms with Crippen LogP contribution in [-0.4, -0.2) is 0 Å². The summed E-state index contributed by atoms with van der Waals surface area (Å²) in [5.41, 5.74) is 7.68. The molecule has 0 aliphatic heterocycles. The van der Waals surface area contributed by atoms with Gasteiger partial charge in [0.15, 0.2) is 0 Å². The van der Waals surface area contributed by atoms with E-state index < -0.39 is 0 Å². The third kappa shape index (κ3) is 2.81. The van der Waals surface area contributed by atoms with Crippen LogP contribution in [0.25, 0.3) is 11.1 Å². The average Bonchev–Trinajstić information content (AvgIpc) is 2.42. The van der Waals surface area contributed by atoms with Gasteiger partial charge >= 0.3 is 0 Å². The van der Waals surface area contributed by atoms with Gasteiger partial charge in [0, 0.05) is 17.9 Å². The first-order valence-electron chi connectivity index (χ1n) is 6.16. The summed E-state index contributed by atoms with van der Waals surface area (Å²) in [4.78, 5) is 0. The van der Waals surface area contributed by atoms with Crippen LogP contribution >= 0.6 is 63.7 Å². The Bertz CT molecular complexity index is 641. The zero-order chi connectivity index (χ0) is 15.2. The highest BCUT2D eigenvalue weighted by atomic mass is 79.9. The summed E-state index contributed by atoms with van der Waals surface area (Å²) >= 11 is 14.5. The van der Waals surface area contributed by atoms with Gasteiger partial charge < -0.3 is 0 Å². The predicted molar refractivity (Wildman–Crippen MR) is 102 cm³/mol. The summed E-state index contributed by atoms with van der Waals surface area (Å²) in [6.45, 7) is 8.63. The van der Waals surface area contributed by atoms with Crippen molar-refractivity contribution in [1.82, 2.24) is 0 Å². The van der Waals surface area contributed by atoms with E-state index in [1.54, 1.807) is 0 Å². The van der Waals surface area contributed by atoms with E-state index in [0.717, 1.165) is 17.9 Å². The van der Waals surface area contributed by atoms with Crippen molar-refractivity contribution >= 4 is 63.7 Å². The van der Waals surface area contributed by atoms with Gasteiger partial charge in [0.1, 0.15) is 0 Å². The molecule has 20 heavy (non-hydrogen) atoms. The minimum atomic E-state index is 1.09. The lowest BCUT2D eigenvalue weighted by atomic mass is 9.92. The molecule has 0 bridgehead atoms. The van der Waals surface area contributed by atoms with E-state index in [1.165, 1.54) is 33.4 Å². The molecule has 0 aromatic heterocycles. The van der Waals surface area contributed by atoms with Crippen LogP contribution in [0.15, 0.2) is 30.0 Å². The first kappa shape index (κ1) is 16.7. The van der Waals surface area contributed by atoms with Crippen molar-refractivity contribution in [1.29, 1.82) is 0 Å². The van der Waals surface area contributed by atoms with Crippen molar-refractivity contribution in [3.05, 3.63) is 52.3 Å². The van der Waals surface area contributed by atoms with Crippen molar-refractivity contribution in [2.45, 2.75) is 27.7 Å². The molecule has 0 fully saturated rings. The Kier molecular flexibility index (Phi) is 5.21. The molecule has 106 valence electrons. The second-order valence-corrected chi connectivity index (χ2v) is 8.23. The Morgan fingerprint density at radius 3 is 1.15 bits per heavy atom. The highest BCUT2D eigenvalue weighted by Crippen LogP contribution is 2.41. The second-order valence-electron chi connectivity index (χ2n) is 4.94. The first-order valence-corrected chi connectivity index (χ1v) is 9.33. The average molecular weight is 526 g/mol. The quantitative estimate of drug-likeness (QED) is 0.359. The van der Waals surface area contributed by atoms with E-state index in [9.17, 15) is 0 Å². The van der Waals surface area contributed by atoms with E-state index in [2.05, 4.69) is 104 Å². The van der Waals surface area contributed by atoms with Crippen molar-refractivity contribution in [2.24, 2.45) is 0 Å². The molecule has 0 saturated carbocycles. The Balaban J connectivity index is 2.83. The van der Waals surface area contributed by atoms with Crippen LogP contribution in [-0.2, 0) is 0 Å². The topological polar surface area (TPSA) is 0 Å². The lowest BCUT2D eigenvalue weighted by Gasteiger charge is -2.17. The lowest BCUT2D eigenvalue weighted by molar-refractivity contribution is 1.26. The monoisotopic (exact) mass is 522 g/mol. The zero-order valence-corrected chi connectivity index (χ0v) is 18.0. The Hall–Kier alpha value is 0.360. The molecular weight excluding hydrogens is 512 g/mol. The van der Waals surface area contributed by atoms with Gasteiger partial charge in [-0.05, 0) is 137 Å². The third-order valence-corrected chi connectivity index (χ3v) is 8.20. The summed E-state index contributed by atoms with van der Waals surface area (Å²) in [5, 5.41) is 0. The number of hydrogen-bond acceptors (Lipinski definition) is 0. The fourth-order valence-electron chi connectivity index (χ4n) is 2.25. The van der Waals surface area contributed by atoms with Crippen molar-refractivity contribution in [2.75, 3.05) is 0 Å². The summed E-state index contributed by atoms with van der Waals surface area (Å²) in [7, 11) is 0. The molecule has 2 aromatic rings. The molecule has 0 radical (unpaired) electrons. The molecule has 2 aromatic carbocycles. The Labute approximate surface area is 153 Å². The highest BCUT2D eigenvalue weighted by Gasteiger charge is 2.15. The summed E-state index contributed by atoms with van der Waals surface area (Å²) in [6, 6.07) is 4.38. The molecule has 0 heterocycles. The van der Waals surface area contributed by atoms with Gasteiger partial charge in [-0.15, -0.1) is 0 Å². The van der Waals surface area contributed by atoms with Crippen LogP contribution in [0.3, 0.4) is 0 Å². The van der Waals surface area contributed by atoms with Crippen LogP contribution in [0.2, 0.25) is 0 Å². The van der Waals surface area contributed by atoms with E-state index in [-0.39, 0.29) is 0 Å². The minimum Gasteiger partial charge on any atom is -0.0496 e. The second kappa shape index (κ2) is 6.23. The Morgan fingerprint density at radius 1 is 0.550 bits per heavy atom. The minimum absolute atomic E-state index is 1.09. The van der Waals surface area contributed by atoms with Gasteiger partial charge in [-0.1, -0.05) is 0 Å². The number of halogens is 4. The van der Waals surface area contributed by atoms with Crippen LogP contribution in [0, 0.1) is 27.7 Å². The summed E-state index contributed by atoms with van der Waals surface area (Å²) < 4.78 is 4.44. The fourth-order valence-corrected chi connectivity index (χ4v) is 4.12. The van der Waals surface area contributed by atoms with Gasteiger partial charge in [-0.3, -0.25) is 0 Å². The highest BCUT2D eigenvalue weighted by molar-refractivity contribution is 9.13. The van der Waals surface area contributed by atoms with E-state index >= 15 is 0 Å². The molecule has 4 heteroatoms. The van der Waals surface area contributed by atoms with Gasteiger partial charge in [0.2, 0.25) is 0 Å². The van der Waals surface area contributed by atoms with Gasteiger partial charge in [0.05, 0.1) is 0 Å². The van der Waals surface area contributed by atoms with Crippen LogP contribution in [0.5, 0.6) is 0 Å². The molecule has 0 aliphatic carbocycles. The number of benzene rings is 2. The molecule has 0 atom stereocenters. The van der Waals surface area contributed by atoms with Crippen LogP contribution < -0.4 is 0 Å². The normalized spacial score (nSPS) is 11.0. The van der Waals surface area contributed by atoms with Gasteiger partial charge in [0.25, 0.3) is 0 Å². The molecule has 0 amide bonds. The summed E-state index contributed by atoms with van der Waals surface area (Å²) in [5.74, 6) is 0. The first-order chi connectivity index (χ1) is 9.25. The number of hydrogen-bond donors (Lipinski definition) is 0. The SMILES string of the molecule is Cc1c(-c2cc(Br)c(Br)c(C)c2C)cc(Br)c(Br)c1C. The zero-order valence-electron chi connectivity index (χ0n) is 11.7. The third-order valence-electron chi connectivity index (χ3n) is 3.84. The molecule has 0 N–H and O–H groups in total. The maximum absolute atomic E-state index is 3.64. The van der Waals surface area contributed by atoms with E-state index in [0.29, 0.717) is 0 Å². The maximum Gasteiger partial charge on any atom is 0.0349 e.